The van der Waals surface area contributed by atoms with Gasteiger partial charge in [-0.15, -0.1) is 10.2 Å². The van der Waals surface area contributed by atoms with Crippen molar-refractivity contribution in [2.24, 2.45) is 0 Å². The Morgan fingerprint density at radius 3 is 2.54 bits per heavy atom. The van der Waals surface area contributed by atoms with Gasteiger partial charge in [-0.1, -0.05) is 61.4 Å². The molecule has 3 aromatic rings. The highest BCUT2D eigenvalue weighted by molar-refractivity contribution is 9.10. The van der Waals surface area contributed by atoms with Crippen molar-refractivity contribution in [1.29, 1.82) is 0 Å². The molecule has 0 radical (unpaired) electrons. The summed E-state index contributed by atoms with van der Waals surface area (Å²) in [6.07, 6.45) is 0.810. The maximum absolute atomic E-state index is 12.1. The molecule has 2 N–H and O–H groups in total. The van der Waals surface area contributed by atoms with Crippen LogP contribution in [0, 0.1) is 0 Å². The van der Waals surface area contributed by atoms with Crippen LogP contribution in [0.4, 0.5) is 5.13 Å². The van der Waals surface area contributed by atoms with Gasteiger partial charge in [0.1, 0.15) is 5.01 Å². The number of anilines is 1. The van der Waals surface area contributed by atoms with Gasteiger partial charge in [-0.3, -0.25) is 9.59 Å². The summed E-state index contributed by atoms with van der Waals surface area (Å²) in [5.41, 5.74) is 1.51. The second kappa shape index (κ2) is 9.90. The number of amides is 2. The Hall–Kier alpha value is -2.10. The molecule has 3 rings (SSSR count). The zero-order valence-electron chi connectivity index (χ0n) is 14.6. The van der Waals surface area contributed by atoms with Crippen molar-refractivity contribution in [2.75, 3.05) is 11.9 Å². The molecule has 0 spiro atoms. The summed E-state index contributed by atoms with van der Waals surface area (Å²) < 4.78 is 1.82. The van der Waals surface area contributed by atoms with Crippen LogP contribution < -0.4 is 10.6 Å². The third-order valence-corrected chi connectivity index (χ3v) is 5.62. The lowest BCUT2D eigenvalue weighted by Crippen LogP contribution is -2.25. The quantitative estimate of drug-likeness (QED) is 0.485. The molecule has 6 nitrogen and oxygen atoms in total. The van der Waals surface area contributed by atoms with Gasteiger partial charge in [-0.25, -0.2) is 0 Å². The topological polar surface area (TPSA) is 84.0 Å². The van der Waals surface area contributed by atoms with Crippen LogP contribution in [0.25, 0.3) is 0 Å². The number of rotatable bonds is 7. The van der Waals surface area contributed by atoms with E-state index in [2.05, 4.69) is 52.7 Å². The van der Waals surface area contributed by atoms with Gasteiger partial charge >= 0.3 is 0 Å². The number of carbonyl (C=O) groups is 2. The van der Waals surface area contributed by atoms with Crippen molar-refractivity contribution >= 4 is 60.1 Å². The predicted octanol–water partition coefficient (Wildman–Crippen LogP) is 4.22. The summed E-state index contributed by atoms with van der Waals surface area (Å²) in [4.78, 5) is 24.2. The van der Waals surface area contributed by atoms with Crippen LogP contribution in [0.15, 0.2) is 57.5 Å². The summed E-state index contributed by atoms with van der Waals surface area (Å²) in [5, 5.41) is 14.9. The van der Waals surface area contributed by atoms with Crippen LogP contribution in [-0.2, 0) is 17.6 Å². The number of nitrogens with zero attached hydrogens (tertiary/aromatic N) is 2. The van der Waals surface area contributed by atoms with Crippen molar-refractivity contribution < 1.29 is 9.59 Å². The summed E-state index contributed by atoms with van der Waals surface area (Å²) >= 11 is 8.02. The number of carbonyl (C=O) groups excluding carboxylic acids is 2. The molecule has 2 amide bonds. The van der Waals surface area contributed by atoms with Gasteiger partial charge < -0.3 is 10.6 Å². The first kappa shape index (κ1) is 20.6. The summed E-state index contributed by atoms with van der Waals surface area (Å²) in [6.45, 7) is 0.437. The summed E-state index contributed by atoms with van der Waals surface area (Å²) in [6, 6.07) is 14.8. The molecule has 0 unspecified atom stereocenters. The normalized spacial score (nSPS) is 10.5. The number of halogens is 2. The maximum Gasteiger partial charge on any atom is 0.251 e. The van der Waals surface area contributed by atoms with Crippen LogP contribution in [0.5, 0.6) is 0 Å². The fourth-order valence-corrected chi connectivity index (χ4v) is 3.79. The fraction of sp³-hybridized carbons (Fsp3) is 0.158. The van der Waals surface area contributed by atoms with Crippen molar-refractivity contribution in [1.82, 2.24) is 15.5 Å². The van der Waals surface area contributed by atoms with Gasteiger partial charge in [0.2, 0.25) is 11.0 Å². The SMILES string of the molecule is O=C(Cc1ccc(Br)cc1)Nc1nnc(CCNC(=O)c2cccc(Br)c2)s1. The number of hydrogen-bond acceptors (Lipinski definition) is 5. The van der Waals surface area contributed by atoms with Crippen LogP contribution in [-0.4, -0.2) is 28.6 Å². The minimum atomic E-state index is -0.145. The lowest BCUT2D eigenvalue weighted by atomic mass is 10.1. The first-order chi connectivity index (χ1) is 13.5. The molecule has 0 saturated carbocycles. The molecule has 1 aromatic heterocycles. The zero-order valence-corrected chi connectivity index (χ0v) is 18.6. The molecular formula is C19H16Br2N4O2S. The van der Waals surface area contributed by atoms with E-state index in [1.165, 1.54) is 11.3 Å². The van der Waals surface area contributed by atoms with Gasteiger partial charge in [-0.2, -0.15) is 0 Å². The average Bonchev–Trinajstić information content (AvgIpc) is 3.10. The second-order valence-electron chi connectivity index (χ2n) is 5.87. The van der Waals surface area contributed by atoms with Crippen molar-refractivity contribution in [2.45, 2.75) is 12.8 Å². The number of aromatic nitrogens is 2. The Balaban J connectivity index is 1.45. The van der Waals surface area contributed by atoms with E-state index in [1.807, 2.05) is 36.4 Å². The highest BCUT2D eigenvalue weighted by Gasteiger charge is 2.10. The molecule has 0 fully saturated rings. The second-order valence-corrected chi connectivity index (χ2v) is 8.76. The molecule has 0 saturated heterocycles. The molecule has 9 heteroatoms. The maximum atomic E-state index is 12.1. The standard InChI is InChI=1S/C19H16Br2N4O2S/c20-14-6-4-12(5-7-14)10-16(26)23-19-25-24-17(28-19)8-9-22-18(27)13-2-1-3-15(21)11-13/h1-7,11H,8-10H2,(H,22,27)(H,23,25,26). The van der Waals surface area contributed by atoms with Crippen LogP contribution in [0.1, 0.15) is 20.9 Å². The van der Waals surface area contributed by atoms with E-state index in [1.54, 1.807) is 12.1 Å². The highest BCUT2D eigenvalue weighted by atomic mass is 79.9. The molecule has 0 aliphatic rings. The van der Waals surface area contributed by atoms with Gasteiger partial charge in [-0.05, 0) is 35.9 Å². The monoisotopic (exact) mass is 522 g/mol. The van der Waals surface area contributed by atoms with Crippen LogP contribution in [0.2, 0.25) is 0 Å². The van der Waals surface area contributed by atoms with E-state index < -0.39 is 0 Å². The third kappa shape index (κ3) is 6.22. The van der Waals surface area contributed by atoms with Crippen molar-refractivity contribution in [3.05, 3.63) is 73.6 Å². The van der Waals surface area contributed by atoms with Gasteiger partial charge in [0.05, 0.1) is 6.42 Å². The fourth-order valence-electron chi connectivity index (χ4n) is 2.37. The molecule has 144 valence electrons. The zero-order chi connectivity index (χ0) is 19.9. The molecule has 0 aliphatic carbocycles. The van der Waals surface area contributed by atoms with E-state index in [9.17, 15) is 9.59 Å². The minimum absolute atomic E-state index is 0.145. The Morgan fingerprint density at radius 1 is 1.00 bits per heavy atom. The molecule has 28 heavy (non-hydrogen) atoms. The molecule has 0 atom stereocenters. The van der Waals surface area contributed by atoms with Gasteiger partial charge in [0.25, 0.3) is 5.91 Å². The molecule has 0 bridgehead atoms. The highest BCUT2D eigenvalue weighted by Crippen LogP contribution is 2.17. The lowest BCUT2D eigenvalue weighted by Gasteiger charge is -2.04. The van der Waals surface area contributed by atoms with E-state index in [0.717, 1.165) is 19.5 Å². The van der Waals surface area contributed by atoms with Gasteiger partial charge in [0.15, 0.2) is 0 Å². The van der Waals surface area contributed by atoms with Crippen LogP contribution in [0.3, 0.4) is 0 Å². The number of hydrogen-bond donors (Lipinski definition) is 2. The molecular weight excluding hydrogens is 508 g/mol. The smallest absolute Gasteiger partial charge is 0.251 e. The third-order valence-electron chi connectivity index (χ3n) is 3.70. The Morgan fingerprint density at radius 2 is 1.79 bits per heavy atom. The largest absolute Gasteiger partial charge is 0.352 e. The number of benzene rings is 2. The molecule has 0 aliphatic heterocycles. The van der Waals surface area contributed by atoms with E-state index in [0.29, 0.717) is 23.7 Å². The Labute approximate surface area is 183 Å². The van der Waals surface area contributed by atoms with Crippen LogP contribution >= 0.6 is 43.2 Å². The van der Waals surface area contributed by atoms with Crippen molar-refractivity contribution in [3.8, 4) is 0 Å². The van der Waals surface area contributed by atoms with Gasteiger partial charge in [0, 0.05) is 27.5 Å². The first-order valence-corrected chi connectivity index (χ1v) is 10.8. The predicted molar refractivity (Wildman–Crippen MR) is 117 cm³/mol. The lowest BCUT2D eigenvalue weighted by molar-refractivity contribution is -0.115. The van der Waals surface area contributed by atoms with E-state index in [-0.39, 0.29) is 18.2 Å². The minimum Gasteiger partial charge on any atom is -0.352 e. The average molecular weight is 524 g/mol. The van der Waals surface area contributed by atoms with Crippen molar-refractivity contribution in [3.63, 3.8) is 0 Å². The van der Waals surface area contributed by atoms with E-state index in [4.69, 9.17) is 0 Å². The summed E-state index contributed by atoms with van der Waals surface area (Å²) in [5.74, 6) is -0.290. The Bertz CT molecular complexity index is 976. The number of nitrogens with one attached hydrogen (secondary N) is 2. The van der Waals surface area contributed by atoms with E-state index >= 15 is 0 Å². The molecule has 1 heterocycles. The first-order valence-electron chi connectivity index (χ1n) is 8.40. The molecule has 2 aromatic carbocycles. The summed E-state index contributed by atoms with van der Waals surface area (Å²) in [7, 11) is 0. The Kier molecular flexibility index (Phi) is 7.30.